The van der Waals surface area contributed by atoms with Gasteiger partial charge in [0.2, 0.25) is 0 Å². The normalized spacial score (nSPS) is 15.6. The number of esters is 1. The third kappa shape index (κ3) is 4.55. The number of ether oxygens (including phenoxy) is 1. The number of methoxy groups -OCH3 is 1. The van der Waals surface area contributed by atoms with E-state index in [1.54, 1.807) is 35.2 Å². The number of halogens is 1. The molecule has 0 N–H and O–H groups in total. The predicted molar refractivity (Wildman–Crippen MR) is 107 cm³/mol. The molecule has 3 rings (SSSR count). The summed E-state index contributed by atoms with van der Waals surface area (Å²) in [5.74, 6) is -0.697. The van der Waals surface area contributed by atoms with Gasteiger partial charge in [-0.3, -0.25) is 19.8 Å². The highest BCUT2D eigenvalue weighted by atomic mass is 35.5. The highest BCUT2D eigenvalue weighted by Crippen LogP contribution is 2.29. The van der Waals surface area contributed by atoms with Crippen molar-refractivity contribution in [1.82, 2.24) is 9.80 Å². The van der Waals surface area contributed by atoms with Crippen LogP contribution in [0.25, 0.3) is 0 Å². The van der Waals surface area contributed by atoms with Crippen molar-refractivity contribution in [1.29, 1.82) is 0 Å². The van der Waals surface area contributed by atoms with Crippen LogP contribution in [-0.2, 0) is 9.53 Å². The van der Waals surface area contributed by atoms with Crippen molar-refractivity contribution < 1.29 is 19.2 Å². The third-order valence-corrected chi connectivity index (χ3v) is 5.24. The van der Waals surface area contributed by atoms with Gasteiger partial charge in [0.25, 0.3) is 11.6 Å². The molecule has 0 radical (unpaired) electrons. The zero-order valence-electron chi connectivity index (χ0n) is 15.8. The van der Waals surface area contributed by atoms with Crippen LogP contribution in [0.2, 0.25) is 5.02 Å². The summed E-state index contributed by atoms with van der Waals surface area (Å²) in [4.78, 5) is 39.1. The van der Waals surface area contributed by atoms with Crippen LogP contribution in [0, 0.1) is 10.1 Å². The maximum atomic E-state index is 12.7. The van der Waals surface area contributed by atoms with Crippen molar-refractivity contribution in [2.24, 2.45) is 0 Å². The highest BCUT2D eigenvalue weighted by Gasteiger charge is 2.33. The number of non-ortho nitro benzene ring substituents is 1. The van der Waals surface area contributed by atoms with Crippen LogP contribution in [-0.4, -0.2) is 59.9 Å². The molecule has 1 heterocycles. The number of hydrogen-bond acceptors (Lipinski definition) is 6. The van der Waals surface area contributed by atoms with Crippen molar-refractivity contribution in [2.45, 2.75) is 6.04 Å². The van der Waals surface area contributed by atoms with Crippen molar-refractivity contribution >= 4 is 29.2 Å². The van der Waals surface area contributed by atoms with Gasteiger partial charge in [0.15, 0.2) is 0 Å². The van der Waals surface area contributed by atoms with Crippen LogP contribution in [0.4, 0.5) is 5.69 Å². The number of benzene rings is 2. The molecule has 1 aliphatic heterocycles. The van der Waals surface area contributed by atoms with E-state index >= 15 is 0 Å². The Bertz CT molecular complexity index is 928. The van der Waals surface area contributed by atoms with E-state index < -0.39 is 16.9 Å². The summed E-state index contributed by atoms with van der Waals surface area (Å²) in [6, 6.07) is 12.1. The fourth-order valence-electron chi connectivity index (χ4n) is 3.40. The molecule has 1 fully saturated rings. The lowest BCUT2D eigenvalue weighted by Crippen LogP contribution is -2.51. The van der Waals surface area contributed by atoms with Gasteiger partial charge in [0, 0.05) is 48.9 Å². The van der Waals surface area contributed by atoms with E-state index in [1.165, 1.54) is 25.3 Å². The molecular formula is C20H20ClN3O5. The van der Waals surface area contributed by atoms with Crippen LogP contribution in [0.5, 0.6) is 0 Å². The fraction of sp³-hybridized carbons (Fsp3) is 0.300. The van der Waals surface area contributed by atoms with Gasteiger partial charge in [-0.25, -0.2) is 4.79 Å². The highest BCUT2D eigenvalue weighted by molar-refractivity contribution is 6.31. The van der Waals surface area contributed by atoms with Crippen LogP contribution in [0.15, 0.2) is 48.5 Å². The molecule has 0 aromatic heterocycles. The summed E-state index contributed by atoms with van der Waals surface area (Å²) in [7, 11) is 1.33. The molecule has 152 valence electrons. The summed E-state index contributed by atoms with van der Waals surface area (Å²) in [5.41, 5.74) is 0.793. The predicted octanol–water partition coefficient (Wildman–Crippen LogP) is 2.92. The second kappa shape index (κ2) is 9.02. The SMILES string of the molecule is COC(=O)C(c1ccccc1Cl)N1CCN(C(=O)c2cccc([N+](=O)[O-])c2)CC1. The Morgan fingerprint density at radius 2 is 1.79 bits per heavy atom. The van der Waals surface area contributed by atoms with E-state index in [9.17, 15) is 19.7 Å². The number of rotatable bonds is 5. The third-order valence-electron chi connectivity index (χ3n) is 4.89. The van der Waals surface area contributed by atoms with Crippen molar-refractivity contribution in [2.75, 3.05) is 33.3 Å². The number of nitro benzene ring substituents is 1. The van der Waals surface area contributed by atoms with Gasteiger partial charge in [-0.05, 0) is 17.7 Å². The van der Waals surface area contributed by atoms with Gasteiger partial charge in [-0.1, -0.05) is 35.9 Å². The van der Waals surface area contributed by atoms with E-state index in [-0.39, 0.29) is 17.2 Å². The fourth-order valence-corrected chi connectivity index (χ4v) is 3.64. The van der Waals surface area contributed by atoms with Crippen LogP contribution in [0.1, 0.15) is 22.0 Å². The lowest BCUT2D eigenvalue weighted by atomic mass is 10.0. The average molecular weight is 418 g/mol. The summed E-state index contributed by atoms with van der Waals surface area (Å²) >= 11 is 6.28. The minimum absolute atomic E-state index is 0.126. The first-order chi connectivity index (χ1) is 13.9. The molecule has 1 atom stereocenters. The molecule has 1 unspecified atom stereocenters. The first-order valence-corrected chi connectivity index (χ1v) is 9.40. The molecule has 9 heteroatoms. The first-order valence-electron chi connectivity index (χ1n) is 9.02. The maximum Gasteiger partial charge on any atom is 0.327 e. The Labute approximate surface area is 172 Å². The molecule has 0 spiro atoms. The van der Waals surface area contributed by atoms with E-state index in [2.05, 4.69) is 0 Å². The summed E-state index contributed by atoms with van der Waals surface area (Å²) in [6.07, 6.45) is 0. The van der Waals surface area contributed by atoms with E-state index in [1.807, 2.05) is 4.90 Å². The molecule has 0 aliphatic carbocycles. The number of nitrogens with zero attached hydrogens (tertiary/aromatic N) is 3. The minimum Gasteiger partial charge on any atom is -0.468 e. The summed E-state index contributed by atoms with van der Waals surface area (Å²) in [5, 5.41) is 11.4. The smallest absolute Gasteiger partial charge is 0.327 e. The van der Waals surface area contributed by atoms with E-state index in [4.69, 9.17) is 16.3 Å². The van der Waals surface area contributed by atoms with Crippen molar-refractivity contribution in [3.05, 3.63) is 74.8 Å². The number of hydrogen-bond donors (Lipinski definition) is 0. The molecule has 0 saturated carbocycles. The van der Waals surface area contributed by atoms with Gasteiger partial charge in [-0.2, -0.15) is 0 Å². The average Bonchev–Trinajstić information content (AvgIpc) is 2.75. The first kappa shape index (κ1) is 20.8. The molecule has 8 nitrogen and oxygen atoms in total. The number of carbonyl (C=O) groups is 2. The number of nitro groups is 1. The van der Waals surface area contributed by atoms with Gasteiger partial charge >= 0.3 is 5.97 Å². The number of amides is 1. The zero-order valence-corrected chi connectivity index (χ0v) is 16.5. The van der Waals surface area contributed by atoms with E-state index in [0.29, 0.717) is 36.8 Å². The largest absolute Gasteiger partial charge is 0.468 e. The molecule has 1 saturated heterocycles. The van der Waals surface area contributed by atoms with Gasteiger partial charge in [-0.15, -0.1) is 0 Å². The molecule has 1 amide bonds. The van der Waals surface area contributed by atoms with Crippen LogP contribution < -0.4 is 0 Å². The number of carbonyl (C=O) groups excluding carboxylic acids is 2. The van der Waals surface area contributed by atoms with E-state index in [0.717, 1.165) is 0 Å². The Hall–Kier alpha value is -2.97. The minimum atomic E-state index is -0.663. The zero-order chi connectivity index (χ0) is 21.0. The topological polar surface area (TPSA) is 93.0 Å². The molecule has 1 aliphatic rings. The van der Waals surface area contributed by atoms with Crippen molar-refractivity contribution in [3.8, 4) is 0 Å². The molecule has 2 aromatic carbocycles. The molecular weight excluding hydrogens is 398 g/mol. The summed E-state index contributed by atoms with van der Waals surface area (Å²) < 4.78 is 4.97. The summed E-state index contributed by atoms with van der Waals surface area (Å²) in [6.45, 7) is 1.62. The Balaban J connectivity index is 1.74. The standard InChI is InChI=1S/C20H20ClN3O5/c1-29-20(26)18(16-7-2-3-8-17(16)21)22-9-11-23(12-10-22)19(25)14-5-4-6-15(13-14)24(27)28/h2-8,13,18H,9-12H2,1H3. The monoisotopic (exact) mass is 417 g/mol. The Morgan fingerprint density at radius 3 is 2.41 bits per heavy atom. The van der Waals surface area contributed by atoms with Crippen LogP contribution in [0.3, 0.4) is 0 Å². The quantitative estimate of drug-likeness (QED) is 0.422. The van der Waals surface area contributed by atoms with Crippen molar-refractivity contribution in [3.63, 3.8) is 0 Å². The van der Waals surface area contributed by atoms with Gasteiger partial charge in [0.1, 0.15) is 6.04 Å². The lowest BCUT2D eigenvalue weighted by Gasteiger charge is -2.38. The molecule has 29 heavy (non-hydrogen) atoms. The van der Waals surface area contributed by atoms with Gasteiger partial charge < -0.3 is 9.64 Å². The van der Waals surface area contributed by atoms with Crippen LogP contribution >= 0.6 is 11.6 Å². The molecule has 0 bridgehead atoms. The Morgan fingerprint density at radius 1 is 1.10 bits per heavy atom. The second-order valence-corrected chi connectivity index (χ2v) is 6.99. The lowest BCUT2D eigenvalue weighted by molar-refractivity contribution is -0.384. The number of piperazine rings is 1. The molecule has 2 aromatic rings. The second-order valence-electron chi connectivity index (χ2n) is 6.58. The van der Waals surface area contributed by atoms with Gasteiger partial charge in [0.05, 0.1) is 12.0 Å². The Kier molecular flexibility index (Phi) is 6.46. The maximum absolute atomic E-state index is 12.7.